The molecule has 0 unspecified atom stereocenters. The average molecular weight is 366 g/mol. The van der Waals surface area contributed by atoms with E-state index in [9.17, 15) is 8.42 Å². The van der Waals surface area contributed by atoms with Crippen LogP contribution < -0.4 is 4.72 Å². The predicted octanol–water partition coefficient (Wildman–Crippen LogP) is 1.89. The van der Waals surface area contributed by atoms with Gasteiger partial charge >= 0.3 is 0 Å². The van der Waals surface area contributed by atoms with E-state index in [1.165, 1.54) is 0 Å². The first-order valence-corrected chi connectivity index (χ1v) is 10.3. The molecule has 2 aromatic heterocycles. The Labute approximate surface area is 149 Å². The molecule has 0 spiro atoms. The largest absolute Gasteiger partial charge is 0.335 e. The van der Waals surface area contributed by atoms with Gasteiger partial charge in [-0.15, -0.1) is 0 Å². The lowest BCUT2D eigenvalue weighted by atomic mass is 10.00. The smallest absolute Gasteiger partial charge is 0.244 e. The Balaban J connectivity index is 1.71. The Kier molecular flexibility index (Phi) is 5.02. The Morgan fingerprint density at radius 1 is 1.36 bits per heavy atom. The van der Waals surface area contributed by atoms with Gasteiger partial charge < -0.3 is 4.57 Å². The van der Waals surface area contributed by atoms with E-state index in [4.69, 9.17) is 0 Å². The fourth-order valence-corrected chi connectivity index (χ4v) is 5.02. The van der Waals surface area contributed by atoms with E-state index in [2.05, 4.69) is 33.2 Å². The summed E-state index contributed by atoms with van der Waals surface area (Å²) in [5.41, 5.74) is 1.27. The summed E-state index contributed by atoms with van der Waals surface area (Å²) in [4.78, 5) is 4.64. The van der Waals surface area contributed by atoms with E-state index in [-0.39, 0.29) is 5.92 Å². The first kappa shape index (κ1) is 18.1. The van der Waals surface area contributed by atoms with Crippen LogP contribution in [0.25, 0.3) is 0 Å². The van der Waals surface area contributed by atoms with Crippen LogP contribution >= 0.6 is 0 Å². The molecule has 0 aromatic carbocycles. The lowest BCUT2D eigenvalue weighted by Gasteiger charge is -2.24. The van der Waals surface area contributed by atoms with Gasteiger partial charge in [0.05, 0.1) is 11.4 Å². The van der Waals surface area contributed by atoms with Crippen molar-refractivity contribution in [3.05, 3.63) is 29.6 Å². The molecule has 0 amide bonds. The highest BCUT2D eigenvalue weighted by Gasteiger charge is 2.27. The van der Waals surface area contributed by atoms with Crippen LogP contribution in [0, 0.1) is 25.7 Å². The van der Waals surface area contributed by atoms with Gasteiger partial charge in [0.1, 0.15) is 10.7 Å². The third-order valence-corrected chi connectivity index (χ3v) is 6.39. The van der Waals surface area contributed by atoms with E-state index < -0.39 is 10.0 Å². The van der Waals surface area contributed by atoms with Crippen molar-refractivity contribution in [1.82, 2.24) is 24.1 Å². The highest BCUT2D eigenvalue weighted by Crippen LogP contribution is 2.22. The van der Waals surface area contributed by atoms with Crippen LogP contribution in [0.3, 0.4) is 0 Å². The molecule has 1 atom stereocenters. The molecule has 0 saturated heterocycles. The van der Waals surface area contributed by atoms with Crippen LogP contribution in [-0.4, -0.2) is 34.3 Å². The molecule has 0 bridgehead atoms. The van der Waals surface area contributed by atoms with Crippen molar-refractivity contribution < 1.29 is 8.42 Å². The predicted molar refractivity (Wildman–Crippen MR) is 95.8 cm³/mol. The lowest BCUT2D eigenvalue weighted by Crippen LogP contribution is -2.34. The number of hydrogen-bond acceptors (Lipinski definition) is 4. The molecule has 0 fully saturated rings. The zero-order valence-electron chi connectivity index (χ0n) is 15.4. The van der Waals surface area contributed by atoms with Crippen molar-refractivity contribution in [2.24, 2.45) is 11.8 Å². The van der Waals surface area contributed by atoms with E-state index in [1.54, 1.807) is 17.8 Å². The minimum absolute atomic E-state index is 0.280. The zero-order chi connectivity index (χ0) is 18.2. The van der Waals surface area contributed by atoms with Gasteiger partial charge in [0.15, 0.2) is 0 Å². The summed E-state index contributed by atoms with van der Waals surface area (Å²) in [5.74, 6) is 1.77. The monoisotopic (exact) mass is 365 g/mol. The van der Waals surface area contributed by atoms with E-state index in [1.807, 2.05) is 13.1 Å². The standard InChI is InChI=1S/C17H27N5O2S/c1-12(2)10-22-14(4)17(13(3)20-22)25(23,24)19-9-15-5-6-16-18-7-8-21(16)11-15/h7-8,12,15,19H,5-6,9-11H2,1-4H3/t15-/m1/s1. The Morgan fingerprint density at radius 2 is 2.12 bits per heavy atom. The van der Waals surface area contributed by atoms with Gasteiger partial charge in [-0.1, -0.05) is 13.8 Å². The normalized spacial score (nSPS) is 17.9. The molecule has 1 N–H and O–H groups in total. The van der Waals surface area contributed by atoms with Crippen LogP contribution in [-0.2, 0) is 29.5 Å². The maximum atomic E-state index is 12.8. The molecule has 0 radical (unpaired) electrons. The van der Waals surface area contributed by atoms with Gasteiger partial charge in [0.25, 0.3) is 0 Å². The summed E-state index contributed by atoms with van der Waals surface area (Å²) in [6, 6.07) is 0. The average Bonchev–Trinajstić information content (AvgIpc) is 3.09. The van der Waals surface area contributed by atoms with E-state index in [0.29, 0.717) is 35.3 Å². The minimum atomic E-state index is -3.56. The van der Waals surface area contributed by atoms with Crippen LogP contribution in [0.2, 0.25) is 0 Å². The van der Waals surface area contributed by atoms with Crippen LogP contribution in [0.5, 0.6) is 0 Å². The molecule has 1 aliphatic heterocycles. The Hall–Kier alpha value is -1.67. The van der Waals surface area contributed by atoms with Crippen molar-refractivity contribution in [3.8, 4) is 0 Å². The fraction of sp³-hybridized carbons (Fsp3) is 0.647. The number of sulfonamides is 1. The van der Waals surface area contributed by atoms with Gasteiger partial charge in [-0.2, -0.15) is 5.10 Å². The minimum Gasteiger partial charge on any atom is -0.335 e. The second kappa shape index (κ2) is 6.92. The summed E-state index contributed by atoms with van der Waals surface area (Å²) in [5, 5.41) is 4.42. The molecule has 25 heavy (non-hydrogen) atoms. The fourth-order valence-electron chi connectivity index (χ4n) is 3.50. The number of nitrogens with zero attached hydrogens (tertiary/aromatic N) is 4. The highest BCUT2D eigenvalue weighted by molar-refractivity contribution is 7.89. The van der Waals surface area contributed by atoms with E-state index >= 15 is 0 Å². The van der Waals surface area contributed by atoms with Crippen molar-refractivity contribution in [3.63, 3.8) is 0 Å². The number of aryl methyl sites for hydroxylation is 2. The first-order chi connectivity index (χ1) is 11.8. The second-order valence-electron chi connectivity index (χ2n) is 7.33. The van der Waals surface area contributed by atoms with Gasteiger partial charge in [-0.3, -0.25) is 4.68 Å². The first-order valence-electron chi connectivity index (χ1n) is 8.81. The van der Waals surface area contributed by atoms with Crippen molar-refractivity contribution in [2.75, 3.05) is 6.54 Å². The number of hydrogen-bond donors (Lipinski definition) is 1. The van der Waals surface area contributed by atoms with Crippen LogP contribution in [0.1, 0.15) is 37.5 Å². The van der Waals surface area contributed by atoms with Crippen molar-refractivity contribution in [1.29, 1.82) is 0 Å². The molecule has 1 aliphatic rings. The van der Waals surface area contributed by atoms with Crippen molar-refractivity contribution in [2.45, 2.75) is 58.5 Å². The Morgan fingerprint density at radius 3 is 2.84 bits per heavy atom. The summed E-state index contributed by atoms with van der Waals surface area (Å²) < 4.78 is 32.4. The number of nitrogens with one attached hydrogen (secondary N) is 1. The third kappa shape index (κ3) is 3.79. The molecule has 0 saturated carbocycles. The summed E-state index contributed by atoms with van der Waals surface area (Å²) >= 11 is 0. The van der Waals surface area contributed by atoms with Gasteiger partial charge in [-0.25, -0.2) is 18.1 Å². The zero-order valence-corrected chi connectivity index (χ0v) is 16.2. The SMILES string of the molecule is Cc1nn(CC(C)C)c(C)c1S(=O)(=O)NC[C@H]1CCc2nccn2C1. The number of rotatable bonds is 6. The molecule has 3 heterocycles. The molecule has 0 aliphatic carbocycles. The van der Waals surface area contributed by atoms with Gasteiger partial charge in [0.2, 0.25) is 10.0 Å². The van der Waals surface area contributed by atoms with Gasteiger partial charge in [-0.05, 0) is 32.1 Å². The second-order valence-corrected chi connectivity index (χ2v) is 9.03. The molecule has 138 valence electrons. The maximum Gasteiger partial charge on any atom is 0.244 e. The number of aromatic nitrogens is 4. The highest BCUT2D eigenvalue weighted by atomic mass is 32.2. The quantitative estimate of drug-likeness (QED) is 0.847. The molecular formula is C17H27N5O2S. The molecule has 2 aromatic rings. The summed E-state index contributed by atoms with van der Waals surface area (Å²) in [6.07, 6.45) is 5.60. The molecule has 7 nitrogen and oxygen atoms in total. The van der Waals surface area contributed by atoms with Crippen LogP contribution in [0.4, 0.5) is 0 Å². The molecular weight excluding hydrogens is 338 g/mol. The molecule has 8 heteroatoms. The summed E-state index contributed by atoms with van der Waals surface area (Å²) in [6.45, 7) is 9.74. The molecule has 3 rings (SSSR count). The summed E-state index contributed by atoms with van der Waals surface area (Å²) in [7, 11) is -3.56. The third-order valence-electron chi connectivity index (χ3n) is 4.72. The van der Waals surface area contributed by atoms with Crippen molar-refractivity contribution >= 4 is 10.0 Å². The number of imidazole rings is 1. The maximum absolute atomic E-state index is 12.8. The van der Waals surface area contributed by atoms with Crippen LogP contribution in [0.15, 0.2) is 17.3 Å². The number of fused-ring (bicyclic) bond motifs is 1. The van der Waals surface area contributed by atoms with E-state index in [0.717, 1.165) is 25.2 Å². The lowest BCUT2D eigenvalue weighted by molar-refractivity contribution is 0.363. The topological polar surface area (TPSA) is 81.8 Å². The Bertz CT molecular complexity index is 851. The van der Waals surface area contributed by atoms with Gasteiger partial charge in [0, 0.05) is 38.4 Å².